The number of hydrogen-bond acceptors (Lipinski definition) is 4. The molecule has 2 heterocycles. The predicted octanol–water partition coefficient (Wildman–Crippen LogP) is 4.51. The van der Waals surface area contributed by atoms with Crippen molar-refractivity contribution in [1.29, 1.82) is 0 Å². The smallest absolute Gasteiger partial charge is 0.234 e. The van der Waals surface area contributed by atoms with E-state index in [1.807, 2.05) is 35.0 Å². The molecular formula is C22H24N4OS. The number of amides is 1. The van der Waals surface area contributed by atoms with Crippen LogP contribution in [0.5, 0.6) is 0 Å². The first kappa shape index (κ1) is 18.6. The fourth-order valence-corrected chi connectivity index (χ4v) is 4.26. The van der Waals surface area contributed by atoms with E-state index in [9.17, 15) is 4.79 Å². The van der Waals surface area contributed by atoms with Gasteiger partial charge in [0, 0.05) is 36.9 Å². The number of aromatic nitrogens is 2. The molecule has 1 fully saturated rings. The summed E-state index contributed by atoms with van der Waals surface area (Å²) in [4.78, 5) is 19.3. The van der Waals surface area contributed by atoms with Gasteiger partial charge < -0.3 is 10.2 Å². The summed E-state index contributed by atoms with van der Waals surface area (Å²) in [7, 11) is 0. The number of carbonyl (C=O) groups is 1. The van der Waals surface area contributed by atoms with Crippen molar-refractivity contribution in [3.63, 3.8) is 0 Å². The Hall–Kier alpha value is -2.73. The van der Waals surface area contributed by atoms with Crippen molar-refractivity contribution in [2.24, 2.45) is 0 Å². The minimum Gasteiger partial charge on any atom is -0.371 e. The molecule has 1 saturated heterocycles. The normalized spacial score (nSPS) is 13.7. The molecule has 28 heavy (non-hydrogen) atoms. The monoisotopic (exact) mass is 392 g/mol. The van der Waals surface area contributed by atoms with Crippen molar-refractivity contribution in [1.82, 2.24) is 9.55 Å². The molecule has 0 radical (unpaired) electrons. The molecule has 1 aliphatic heterocycles. The first-order valence-corrected chi connectivity index (χ1v) is 10.6. The van der Waals surface area contributed by atoms with E-state index < -0.39 is 0 Å². The highest BCUT2D eigenvalue weighted by Crippen LogP contribution is 2.25. The lowest BCUT2D eigenvalue weighted by Crippen LogP contribution is -2.18. The minimum atomic E-state index is -0.0251. The van der Waals surface area contributed by atoms with E-state index >= 15 is 0 Å². The van der Waals surface area contributed by atoms with E-state index in [0.717, 1.165) is 29.6 Å². The third-order valence-electron chi connectivity index (χ3n) is 4.92. The van der Waals surface area contributed by atoms with Crippen LogP contribution in [0.25, 0.3) is 5.69 Å². The SMILES string of the molecule is Cc1ccccc1-n1ccnc1SCC(=O)Nc1cccc(N2CCCC2)c1. The molecule has 3 aromatic rings. The lowest BCUT2D eigenvalue weighted by molar-refractivity contribution is -0.113. The molecule has 1 amide bonds. The van der Waals surface area contributed by atoms with Crippen LogP contribution in [0.2, 0.25) is 0 Å². The van der Waals surface area contributed by atoms with Crippen LogP contribution in [0.3, 0.4) is 0 Å². The van der Waals surface area contributed by atoms with Gasteiger partial charge in [-0.1, -0.05) is 36.0 Å². The van der Waals surface area contributed by atoms with Crippen LogP contribution in [-0.4, -0.2) is 34.3 Å². The van der Waals surface area contributed by atoms with Crippen molar-refractivity contribution in [2.45, 2.75) is 24.9 Å². The van der Waals surface area contributed by atoms with Crippen molar-refractivity contribution in [2.75, 3.05) is 29.1 Å². The van der Waals surface area contributed by atoms with Gasteiger partial charge in [0.1, 0.15) is 0 Å². The highest BCUT2D eigenvalue weighted by atomic mass is 32.2. The second-order valence-corrected chi connectivity index (χ2v) is 7.89. The number of aryl methyl sites for hydroxylation is 1. The summed E-state index contributed by atoms with van der Waals surface area (Å²) >= 11 is 1.44. The topological polar surface area (TPSA) is 50.2 Å². The van der Waals surface area contributed by atoms with Crippen molar-refractivity contribution in [3.05, 3.63) is 66.5 Å². The molecule has 5 nitrogen and oxygen atoms in total. The van der Waals surface area contributed by atoms with E-state index in [-0.39, 0.29) is 5.91 Å². The van der Waals surface area contributed by atoms with Crippen LogP contribution < -0.4 is 10.2 Å². The first-order valence-electron chi connectivity index (χ1n) is 9.58. The Kier molecular flexibility index (Phi) is 5.67. The maximum atomic E-state index is 12.5. The lowest BCUT2D eigenvalue weighted by Gasteiger charge is -2.18. The Labute approximate surface area is 169 Å². The molecule has 0 atom stereocenters. The highest BCUT2D eigenvalue weighted by molar-refractivity contribution is 7.99. The molecule has 0 spiro atoms. The number of benzene rings is 2. The molecule has 1 aromatic heterocycles. The molecule has 6 heteroatoms. The van der Waals surface area contributed by atoms with Gasteiger partial charge >= 0.3 is 0 Å². The number of carbonyl (C=O) groups excluding carboxylic acids is 1. The number of thioether (sulfide) groups is 1. The van der Waals surface area contributed by atoms with Crippen LogP contribution in [0, 0.1) is 6.92 Å². The summed E-state index contributed by atoms with van der Waals surface area (Å²) in [5, 5.41) is 3.83. The second-order valence-electron chi connectivity index (χ2n) is 6.95. The number of anilines is 2. The molecule has 2 aromatic carbocycles. The summed E-state index contributed by atoms with van der Waals surface area (Å²) < 4.78 is 2.03. The third-order valence-corrected chi connectivity index (χ3v) is 5.88. The van der Waals surface area contributed by atoms with Crippen LogP contribution in [-0.2, 0) is 4.79 Å². The van der Waals surface area contributed by atoms with Crippen molar-refractivity contribution in [3.8, 4) is 5.69 Å². The third kappa shape index (κ3) is 4.22. The zero-order valence-corrected chi connectivity index (χ0v) is 16.8. The van der Waals surface area contributed by atoms with Gasteiger partial charge in [-0.3, -0.25) is 9.36 Å². The summed E-state index contributed by atoms with van der Waals surface area (Å²) in [6.45, 7) is 4.26. The Bertz CT molecular complexity index is 962. The van der Waals surface area contributed by atoms with Gasteiger partial charge in [-0.15, -0.1) is 0 Å². The number of hydrogen-bond donors (Lipinski definition) is 1. The summed E-state index contributed by atoms with van der Waals surface area (Å²) in [6, 6.07) is 16.3. The van der Waals surface area contributed by atoms with Crippen molar-refractivity contribution >= 4 is 29.0 Å². The summed E-state index contributed by atoms with van der Waals surface area (Å²) in [5.41, 5.74) is 4.28. The predicted molar refractivity (Wildman–Crippen MR) is 116 cm³/mol. The summed E-state index contributed by atoms with van der Waals surface area (Å²) in [5.74, 6) is 0.291. The molecule has 0 aliphatic carbocycles. The van der Waals surface area contributed by atoms with Gasteiger partial charge in [0.05, 0.1) is 11.4 Å². The quantitative estimate of drug-likeness (QED) is 0.627. The first-order chi connectivity index (χ1) is 13.7. The highest BCUT2D eigenvalue weighted by Gasteiger charge is 2.14. The average Bonchev–Trinajstić information content (AvgIpc) is 3.39. The molecule has 0 unspecified atom stereocenters. The van der Waals surface area contributed by atoms with Gasteiger partial charge in [-0.25, -0.2) is 4.98 Å². The maximum absolute atomic E-state index is 12.5. The van der Waals surface area contributed by atoms with Gasteiger partial charge in [0.2, 0.25) is 5.91 Å². The Morgan fingerprint density at radius 3 is 2.79 bits per heavy atom. The fourth-order valence-electron chi connectivity index (χ4n) is 3.50. The molecular weight excluding hydrogens is 368 g/mol. The van der Waals surface area contributed by atoms with Crippen LogP contribution in [0.4, 0.5) is 11.4 Å². The molecule has 0 bridgehead atoms. The number of nitrogens with zero attached hydrogens (tertiary/aromatic N) is 3. The Morgan fingerprint density at radius 2 is 1.96 bits per heavy atom. The molecule has 4 rings (SSSR count). The number of para-hydroxylation sites is 1. The van der Waals surface area contributed by atoms with Gasteiger partial charge in [-0.2, -0.15) is 0 Å². The fraction of sp³-hybridized carbons (Fsp3) is 0.273. The van der Waals surface area contributed by atoms with Crippen LogP contribution in [0.1, 0.15) is 18.4 Å². The minimum absolute atomic E-state index is 0.0251. The van der Waals surface area contributed by atoms with E-state index in [1.54, 1.807) is 6.20 Å². The summed E-state index contributed by atoms with van der Waals surface area (Å²) in [6.07, 6.45) is 6.18. The van der Waals surface area contributed by atoms with Gasteiger partial charge in [0.15, 0.2) is 5.16 Å². The van der Waals surface area contributed by atoms with E-state index in [2.05, 4.69) is 46.4 Å². The van der Waals surface area contributed by atoms with E-state index in [0.29, 0.717) is 5.75 Å². The van der Waals surface area contributed by atoms with Gasteiger partial charge in [0.25, 0.3) is 0 Å². The molecule has 1 aliphatic rings. The molecule has 0 saturated carbocycles. The zero-order valence-electron chi connectivity index (χ0n) is 16.0. The number of rotatable bonds is 6. The maximum Gasteiger partial charge on any atom is 0.234 e. The Morgan fingerprint density at radius 1 is 1.14 bits per heavy atom. The number of nitrogens with one attached hydrogen (secondary N) is 1. The molecule has 1 N–H and O–H groups in total. The Balaban J connectivity index is 1.39. The number of imidazole rings is 1. The molecule has 144 valence electrons. The van der Waals surface area contributed by atoms with E-state index in [4.69, 9.17) is 0 Å². The standard InChI is InChI=1S/C22H24N4OS/c1-17-7-2-3-10-20(17)26-14-11-23-22(26)28-16-21(27)24-18-8-6-9-19(15-18)25-12-4-5-13-25/h2-3,6-11,14-15H,4-5,12-13,16H2,1H3,(H,24,27). The van der Waals surface area contributed by atoms with Crippen molar-refractivity contribution < 1.29 is 4.79 Å². The average molecular weight is 393 g/mol. The van der Waals surface area contributed by atoms with Crippen LogP contribution >= 0.6 is 11.8 Å². The van der Waals surface area contributed by atoms with E-state index in [1.165, 1.54) is 35.9 Å². The second kappa shape index (κ2) is 8.52. The van der Waals surface area contributed by atoms with Gasteiger partial charge in [-0.05, 0) is 49.6 Å². The zero-order chi connectivity index (χ0) is 19.3. The van der Waals surface area contributed by atoms with Crippen LogP contribution in [0.15, 0.2) is 66.1 Å². The largest absolute Gasteiger partial charge is 0.371 e. The lowest BCUT2D eigenvalue weighted by atomic mass is 10.2.